The number of fused-ring (bicyclic) bond motifs is 1. The van der Waals surface area contributed by atoms with Gasteiger partial charge >= 0.3 is 0 Å². The molecule has 0 bridgehead atoms. The highest BCUT2D eigenvalue weighted by Gasteiger charge is 2.17. The van der Waals surface area contributed by atoms with E-state index in [1.165, 1.54) is 23.5 Å². The molecule has 3 rings (SSSR count). The van der Waals surface area contributed by atoms with Crippen LogP contribution in [-0.2, 0) is 6.54 Å². The molecule has 0 aliphatic heterocycles. The Hall–Kier alpha value is -2.91. The number of methoxy groups -OCH3 is 2. The number of nitrogens with zero attached hydrogens (tertiary/aromatic N) is 3. The summed E-state index contributed by atoms with van der Waals surface area (Å²) < 4.78 is 13.5. The van der Waals surface area contributed by atoms with Crippen molar-refractivity contribution in [3.63, 3.8) is 0 Å². The quantitative estimate of drug-likeness (QED) is 0.421. The van der Waals surface area contributed by atoms with Crippen molar-refractivity contribution in [3.05, 3.63) is 55.8 Å². The zero-order chi connectivity index (χ0) is 21.1. The Morgan fingerprint density at radius 1 is 1.24 bits per heavy atom. The number of aryl methyl sites for hydroxylation is 1. The highest BCUT2D eigenvalue weighted by Crippen LogP contribution is 2.33. The van der Waals surface area contributed by atoms with Crippen LogP contribution in [0.3, 0.4) is 0 Å². The fourth-order valence-corrected chi connectivity index (χ4v) is 4.12. The number of thiazole rings is 1. The largest absolute Gasteiger partial charge is 0.493 e. The summed E-state index contributed by atoms with van der Waals surface area (Å²) in [4.78, 5) is 27.9. The summed E-state index contributed by atoms with van der Waals surface area (Å²) in [6.45, 7) is 2.64. The van der Waals surface area contributed by atoms with E-state index >= 15 is 0 Å². The number of halogens is 1. The van der Waals surface area contributed by atoms with Gasteiger partial charge < -0.3 is 14.0 Å². The summed E-state index contributed by atoms with van der Waals surface area (Å²) in [6.07, 6.45) is 0.819. The number of rotatable bonds is 6. The molecule has 3 aromatic rings. The fourth-order valence-electron chi connectivity index (χ4n) is 2.86. The van der Waals surface area contributed by atoms with Gasteiger partial charge in [-0.3, -0.25) is 14.9 Å². The van der Waals surface area contributed by atoms with E-state index < -0.39 is 10.8 Å². The lowest BCUT2D eigenvalue weighted by molar-refractivity contribution is -0.384. The molecular weight excluding hydrogens is 418 g/mol. The lowest BCUT2D eigenvalue weighted by Gasteiger charge is -2.08. The molecule has 10 heteroatoms. The van der Waals surface area contributed by atoms with E-state index in [1.54, 1.807) is 14.2 Å². The predicted octanol–water partition coefficient (Wildman–Crippen LogP) is 4.43. The number of aromatic nitrogens is 1. The summed E-state index contributed by atoms with van der Waals surface area (Å²) in [7, 11) is 3.11. The van der Waals surface area contributed by atoms with Crippen molar-refractivity contribution in [1.29, 1.82) is 0 Å². The van der Waals surface area contributed by atoms with Gasteiger partial charge in [0.25, 0.3) is 11.6 Å². The first-order valence-corrected chi connectivity index (χ1v) is 9.87. The molecule has 0 saturated carbocycles. The number of carbonyl (C=O) groups excluding carboxylic acids is 1. The van der Waals surface area contributed by atoms with Gasteiger partial charge in [-0.2, -0.15) is 4.99 Å². The third-order valence-electron chi connectivity index (χ3n) is 4.22. The van der Waals surface area contributed by atoms with Gasteiger partial charge in [0.1, 0.15) is 0 Å². The number of ether oxygens (including phenoxy) is 2. The maximum atomic E-state index is 12.8. The molecule has 152 valence electrons. The van der Waals surface area contributed by atoms with Crippen LogP contribution in [0.1, 0.15) is 23.7 Å². The summed E-state index contributed by atoms with van der Waals surface area (Å²) >= 11 is 7.40. The molecule has 1 heterocycles. The van der Waals surface area contributed by atoms with E-state index in [-0.39, 0.29) is 16.3 Å². The van der Waals surface area contributed by atoms with E-state index in [4.69, 9.17) is 21.1 Å². The zero-order valence-corrected chi connectivity index (χ0v) is 17.5. The Morgan fingerprint density at radius 3 is 2.55 bits per heavy atom. The second-order valence-corrected chi connectivity index (χ2v) is 7.47. The number of carbonyl (C=O) groups is 1. The first-order valence-electron chi connectivity index (χ1n) is 8.68. The summed E-state index contributed by atoms with van der Waals surface area (Å²) in [5, 5.41) is 11.1. The van der Waals surface area contributed by atoms with Gasteiger partial charge in [0.15, 0.2) is 16.3 Å². The lowest BCUT2D eigenvalue weighted by Crippen LogP contribution is -2.17. The Kier molecular flexibility index (Phi) is 6.19. The van der Waals surface area contributed by atoms with Gasteiger partial charge in [0, 0.05) is 30.8 Å². The van der Waals surface area contributed by atoms with Crippen molar-refractivity contribution in [2.24, 2.45) is 4.99 Å². The van der Waals surface area contributed by atoms with Crippen LogP contribution in [0.2, 0.25) is 5.02 Å². The average molecular weight is 436 g/mol. The van der Waals surface area contributed by atoms with Gasteiger partial charge in [0.2, 0.25) is 0 Å². The van der Waals surface area contributed by atoms with Gasteiger partial charge in [-0.1, -0.05) is 29.9 Å². The minimum absolute atomic E-state index is 0.0171. The molecule has 0 spiro atoms. The number of hydrogen-bond donors (Lipinski definition) is 0. The third kappa shape index (κ3) is 4.10. The summed E-state index contributed by atoms with van der Waals surface area (Å²) in [5.74, 6) is 0.501. The average Bonchev–Trinajstić information content (AvgIpc) is 3.03. The zero-order valence-electron chi connectivity index (χ0n) is 16.0. The molecule has 29 heavy (non-hydrogen) atoms. The Morgan fingerprint density at radius 2 is 1.93 bits per heavy atom. The van der Waals surface area contributed by atoms with Crippen LogP contribution in [0.25, 0.3) is 10.2 Å². The van der Waals surface area contributed by atoms with Gasteiger partial charge in [-0.05, 0) is 12.5 Å². The molecule has 2 aromatic carbocycles. The van der Waals surface area contributed by atoms with E-state index in [2.05, 4.69) is 4.99 Å². The van der Waals surface area contributed by atoms with Gasteiger partial charge in [-0.15, -0.1) is 0 Å². The Bertz CT molecular complexity index is 1170. The number of nitro benzene ring substituents is 1. The highest BCUT2D eigenvalue weighted by molar-refractivity contribution is 7.16. The molecule has 0 atom stereocenters. The molecule has 8 nitrogen and oxygen atoms in total. The molecular formula is C19H18ClN3O5S. The minimum atomic E-state index is -0.644. The number of hydrogen-bond acceptors (Lipinski definition) is 6. The fraction of sp³-hybridized carbons (Fsp3) is 0.263. The Labute approximate surface area is 175 Å². The van der Waals surface area contributed by atoms with E-state index in [0.29, 0.717) is 22.8 Å². The van der Waals surface area contributed by atoms with Crippen molar-refractivity contribution in [3.8, 4) is 11.5 Å². The van der Waals surface area contributed by atoms with Crippen molar-refractivity contribution in [2.45, 2.75) is 19.9 Å². The summed E-state index contributed by atoms with van der Waals surface area (Å²) in [6, 6.07) is 7.37. The van der Waals surface area contributed by atoms with Crippen LogP contribution in [0.4, 0.5) is 5.69 Å². The molecule has 0 aliphatic carbocycles. The molecule has 0 unspecified atom stereocenters. The van der Waals surface area contributed by atoms with Crippen LogP contribution in [0, 0.1) is 10.1 Å². The summed E-state index contributed by atoms with van der Waals surface area (Å²) in [5.41, 5.74) is 0.614. The predicted molar refractivity (Wildman–Crippen MR) is 111 cm³/mol. The maximum Gasteiger partial charge on any atom is 0.281 e. The number of nitro groups is 1. The number of amides is 1. The molecule has 1 amide bonds. The molecule has 0 aliphatic rings. The second kappa shape index (κ2) is 8.62. The minimum Gasteiger partial charge on any atom is -0.493 e. The molecule has 0 radical (unpaired) electrons. The second-order valence-electron chi connectivity index (χ2n) is 6.05. The first kappa shape index (κ1) is 20.8. The van der Waals surface area contributed by atoms with E-state index in [1.807, 2.05) is 23.6 Å². The van der Waals surface area contributed by atoms with Crippen LogP contribution in [0.15, 0.2) is 35.3 Å². The SMILES string of the molecule is CCCn1c(=NC(=O)c2cc([N+](=O)[O-])ccc2Cl)sc2cc(OC)c(OC)cc21. The van der Waals surface area contributed by atoms with Crippen LogP contribution < -0.4 is 14.3 Å². The van der Waals surface area contributed by atoms with Gasteiger partial charge in [0.05, 0.1) is 39.9 Å². The monoisotopic (exact) mass is 435 g/mol. The third-order valence-corrected chi connectivity index (χ3v) is 5.59. The van der Waals surface area contributed by atoms with Crippen molar-refractivity contribution in [1.82, 2.24) is 4.57 Å². The van der Waals surface area contributed by atoms with Crippen LogP contribution in [0.5, 0.6) is 11.5 Å². The standard InChI is InChI=1S/C19H18ClN3O5S/c1-4-7-22-14-9-15(27-2)16(28-3)10-17(14)29-19(22)21-18(24)12-8-11(23(25)26)5-6-13(12)20/h5-6,8-10H,4,7H2,1-3H3. The van der Waals surface area contributed by atoms with E-state index in [0.717, 1.165) is 22.7 Å². The van der Waals surface area contributed by atoms with Crippen molar-refractivity contribution < 1.29 is 19.2 Å². The van der Waals surface area contributed by atoms with Crippen LogP contribution in [-0.4, -0.2) is 29.6 Å². The molecule has 0 N–H and O–H groups in total. The normalized spacial score (nSPS) is 11.7. The van der Waals surface area contributed by atoms with Crippen molar-refractivity contribution >= 4 is 44.7 Å². The molecule has 1 aromatic heterocycles. The van der Waals surface area contributed by atoms with E-state index in [9.17, 15) is 14.9 Å². The van der Waals surface area contributed by atoms with Gasteiger partial charge in [-0.25, -0.2) is 0 Å². The Balaban J connectivity index is 2.19. The van der Waals surface area contributed by atoms with Crippen LogP contribution >= 0.6 is 22.9 Å². The lowest BCUT2D eigenvalue weighted by atomic mass is 10.2. The smallest absolute Gasteiger partial charge is 0.281 e. The highest BCUT2D eigenvalue weighted by atomic mass is 35.5. The first-order chi connectivity index (χ1) is 13.9. The number of benzene rings is 2. The number of non-ortho nitro benzene ring substituents is 1. The maximum absolute atomic E-state index is 12.8. The van der Waals surface area contributed by atoms with Crippen molar-refractivity contribution in [2.75, 3.05) is 14.2 Å². The molecule has 0 fully saturated rings. The molecule has 0 saturated heterocycles. The topological polar surface area (TPSA) is 96.0 Å².